The van der Waals surface area contributed by atoms with Crippen LogP contribution in [0.5, 0.6) is 5.75 Å². The molecule has 2 atom stereocenters. The van der Waals surface area contributed by atoms with Gasteiger partial charge in [0.05, 0.1) is 12.1 Å². The Morgan fingerprint density at radius 3 is 2.89 bits per heavy atom. The summed E-state index contributed by atoms with van der Waals surface area (Å²) in [5.41, 5.74) is 0.704. The van der Waals surface area contributed by atoms with Gasteiger partial charge in [0.15, 0.2) is 0 Å². The van der Waals surface area contributed by atoms with Gasteiger partial charge < -0.3 is 19.5 Å². The molecule has 9 nitrogen and oxygen atoms in total. The van der Waals surface area contributed by atoms with Crippen LogP contribution in [0.25, 0.3) is 0 Å². The Kier molecular flexibility index (Phi) is 6.13. The highest BCUT2D eigenvalue weighted by molar-refractivity contribution is 6.47. The standard InChI is InChI=1S/C17H24BN3O6/c1-26-15-10-20(5-6-21(15)19)9-13(22)8-12-7-11-3-2-4-14(17(23)24)16(11)27-18(12)25/h2-4,12,15,25H,5-10,19H2,1H3,(H,23,24)/t12-,15?/m1/s1. The first-order valence-electron chi connectivity index (χ1n) is 8.87. The van der Waals surface area contributed by atoms with Gasteiger partial charge in [0.2, 0.25) is 0 Å². The zero-order valence-corrected chi connectivity index (χ0v) is 15.2. The molecule has 0 amide bonds. The number of carbonyl (C=O) groups is 2. The van der Waals surface area contributed by atoms with Crippen molar-refractivity contribution in [2.75, 3.05) is 33.3 Å². The Balaban J connectivity index is 1.60. The molecule has 1 fully saturated rings. The zero-order chi connectivity index (χ0) is 19.6. The van der Waals surface area contributed by atoms with Gasteiger partial charge in [0.25, 0.3) is 0 Å². The molecule has 2 aliphatic heterocycles. The lowest BCUT2D eigenvalue weighted by Gasteiger charge is -2.37. The van der Waals surface area contributed by atoms with Crippen LogP contribution in [0.4, 0.5) is 0 Å². The van der Waals surface area contributed by atoms with Crippen LogP contribution in [-0.4, -0.2) is 78.4 Å². The fraction of sp³-hybridized carbons (Fsp3) is 0.529. The molecule has 2 aliphatic rings. The number of ketones is 1. The number of Topliss-reactive ketones (excluding diaryl/α,β-unsaturated/α-hetero) is 1. The Labute approximate surface area is 157 Å². The number of rotatable bonds is 6. The minimum atomic E-state index is -1.21. The van der Waals surface area contributed by atoms with Crippen LogP contribution in [0.2, 0.25) is 5.82 Å². The lowest BCUT2D eigenvalue weighted by Crippen LogP contribution is -2.57. The molecule has 4 N–H and O–H groups in total. The average Bonchev–Trinajstić information content (AvgIpc) is 2.63. The summed E-state index contributed by atoms with van der Waals surface area (Å²) < 4.78 is 10.7. The number of fused-ring (bicyclic) bond motifs is 1. The van der Waals surface area contributed by atoms with Gasteiger partial charge in [0, 0.05) is 39.0 Å². The number of benzene rings is 1. The SMILES string of the molecule is COC1CN(CC(=O)C[C@H]2Cc3cccc(C(=O)O)c3OB2O)CCN1N. The summed E-state index contributed by atoms with van der Waals surface area (Å²) in [6.45, 7) is 2.05. The second-order valence-corrected chi connectivity index (χ2v) is 6.98. The molecule has 27 heavy (non-hydrogen) atoms. The first-order chi connectivity index (χ1) is 12.9. The normalized spacial score (nSPS) is 23.6. The molecule has 0 radical (unpaired) electrons. The average molecular weight is 377 g/mol. The molecule has 1 aromatic rings. The fourth-order valence-corrected chi connectivity index (χ4v) is 3.60. The fourth-order valence-electron chi connectivity index (χ4n) is 3.60. The number of hydrogen-bond acceptors (Lipinski definition) is 8. The topological polar surface area (TPSA) is 126 Å². The van der Waals surface area contributed by atoms with E-state index in [0.717, 1.165) is 0 Å². The molecule has 0 spiro atoms. The van der Waals surface area contributed by atoms with Crippen molar-refractivity contribution in [1.29, 1.82) is 0 Å². The van der Waals surface area contributed by atoms with Crippen LogP contribution in [0.15, 0.2) is 18.2 Å². The van der Waals surface area contributed by atoms with Crippen LogP contribution in [0, 0.1) is 0 Å². The van der Waals surface area contributed by atoms with Crippen LogP contribution in [0.3, 0.4) is 0 Å². The monoisotopic (exact) mass is 377 g/mol. The Hall–Kier alpha value is -1.98. The number of nitrogens with two attached hydrogens (primary N) is 1. The molecule has 0 saturated carbocycles. The molecular formula is C17H24BN3O6. The van der Waals surface area contributed by atoms with E-state index < -0.39 is 18.9 Å². The Morgan fingerprint density at radius 1 is 1.41 bits per heavy atom. The van der Waals surface area contributed by atoms with Gasteiger partial charge in [-0.1, -0.05) is 12.1 Å². The number of aromatic carboxylic acids is 1. The maximum Gasteiger partial charge on any atom is 0.526 e. The molecule has 1 unspecified atom stereocenters. The number of nitrogens with zero attached hydrogens (tertiary/aromatic N) is 2. The van der Waals surface area contributed by atoms with Crippen molar-refractivity contribution >= 4 is 18.9 Å². The predicted octanol–water partition coefficient (Wildman–Crippen LogP) is -0.407. The number of methoxy groups -OCH3 is 1. The van der Waals surface area contributed by atoms with Gasteiger partial charge in [-0.25, -0.2) is 9.80 Å². The smallest absolute Gasteiger partial charge is 0.526 e. The first-order valence-corrected chi connectivity index (χ1v) is 8.87. The third-order valence-corrected chi connectivity index (χ3v) is 5.07. The summed E-state index contributed by atoms with van der Waals surface area (Å²) >= 11 is 0. The van der Waals surface area contributed by atoms with E-state index >= 15 is 0 Å². The Morgan fingerprint density at radius 2 is 2.19 bits per heavy atom. The second kappa shape index (κ2) is 8.36. The van der Waals surface area contributed by atoms with Gasteiger partial charge in [0.1, 0.15) is 17.8 Å². The first kappa shape index (κ1) is 19.8. The minimum absolute atomic E-state index is 0.0131. The number of carboxylic acid groups (broad SMARTS) is 1. The lowest BCUT2D eigenvalue weighted by molar-refractivity contribution is -0.124. The third-order valence-electron chi connectivity index (χ3n) is 5.07. The molecule has 10 heteroatoms. The van der Waals surface area contributed by atoms with Crippen molar-refractivity contribution in [3.63, 3.8) is 0 Å². The van der Waals surface area contributed by atoms with E-state index in [2.05, 4.69) is 0 Å². The van der Waals surface area contributed by atoms with Crippen molar-refractivity contribution in [1.82, 2.24) is 9.91 Å². The van der Waals surface area contributed by atoms with E-state index in [1.165, 1.54) is 6.07 Å². The van der Waals surface area contributed by atoms with Gasteiger partial charge in [-0.3, -0.25) is 15.5 Å². The number of hydrazine groups is 1. The van der Waals surface area contributed by atoms with E-state index in [9.17, 15) is 19.7 Å². The number of hydrogen-bond donors (Lipinski definition) is 3. The maximum absolute atomic E-state index is 12.5. The largest absolute Gasteiger partial charge is 0.535 e. The molecule has 2 heterocycles. The van der Waals surface area contributed by atoms with Gasteiger partial charge >= 0.3 is 13.1 Å². The summed E-state index contributed by atoms with van der Waals surface area (Å²) in [6, 6.07) is 4.83. The molecule has 0 aliphatic carbocycles. The number of carbonyl (C=O) groups excluding carboxylic acids is 1. The molecule has 0 bridgehead atoms. The van der Waals surface area contributed by atoms with Crippen molar-refractivity contribution in [2.45, 2.75) is 24.9 Å². The highest BCUT2D eigenvalue weighted by Gasteiger charge is 2.38. The van der Waals surface area contributed by atoms with Crippen molar-refractivity contribution in [3.8, 4) is 5.75 Å². The second-order valence-electron chi connectivity index (χ2n) is 6.98. The number of piperazine rings is 1. The summed E-state index contributed by atoms with van der Waals surface area (Å²) in [5.74, 6) is 4.48. The molecule has 3 rings (SSSR count). The highest BCUT2D eigenvalue weighted by atomic mass is 16.5. The third kappa shape index (κ3) is 4.48. The van der Waals surface area contributed by atoms with Crippen molar-refractivity contribution in [3.05, 3.63) is 29.3 Å². The number of para-hydroxylation sites is 1. The molecule has 146 valence electrons. The summed E-state index contributed by atoms with van der Waals surface area (Å²) in [4.78, 5) is 25.8. The molecular weight excluding hydrogens is 353 g/mol. The number of carboxylic acids is 1. The van der Waals surface area contributed by atoms with Crippen molar-refractivity contribution < 1.29 is 29.1 Å². The molecule has 1 aromatic carbocycles. The summed E-state index contributed by atoms with van der Waals surface area (Å²) in [6.07, 6.45) is 0.287. The minimum Gasteiger partial charge on any atom is -0.535 e. The van der Waals surface area contributed by atoms with Gasteiger partial charge in [-0.15, -0.1) is 0 Å². The summed E-state index contributed by atoms with van der Waals surface area (Å²) in [7, 11) is 0.364. The van der Waals surface area contributed by atoms with E-state index in [-0.39, 0.29) is 36.3 Å². The quantitative estimate of drug-likeness (QED) is 0.448. The van der Waals surface area contributed by atoms with E-state index in [1.807, 2.05) is 4.90 Å². The van der Waals surface area contributed by atoms with E-state index in [0.29, 0.717) is 31.6 Å². The summed E-state index contributed by atoms with van der Waals surface area (Å²) in [5, 5.41) is 21.1. The van der Waals surface area contributed by atoms with E-state index in [4.69, 9.17) is 15.2 Å². The highest BCUT2D eigenvalue weighted by Crippen LogP contribution is 2.36. The van der Waals surface area contributed by atoms with Crippen LogP contribution >= 0.6 is 0 Å². The predicted molar refractivity (Wildman–Crippen MR) is 97.2 cm³/mol. The Bertz CT molecular complexity index is 718. The lowest BCUT2D eigenvalue weighted by atomic mass is 9.64. The van der Waals surface area contributed by atoms with Gasteiger partial charge in [-0.2, -0.15) is 0 Å². The maximum atomic E-state index is 12.5. The van der Waals surface area contributed by atoms with Crippen LogP contribution in [0.1, 0.15) is 22.3 Å². The molecule has 1 saturated heterocycles. The van der Waals surface area contributed by atoms with Gasteiger partial charge in [-0.05, 0) is 18.1 Å². The molecule has 0 aromatic heterocycles. The van der Waals surface area contributed by atoms with E-state index in [1.54, 1.807) is 24.3 Å². The zero-order valence-electron chi connectivity index (χ0n) is 15.2. The van der Waals surface area contributed by atoms with Crippen LogP contribution in [-0.2, 0) is 16.0 Å². The van der Waals surface area contributed by atoms with Crippen molar-refractivity contribution in [2.24, 2.45) is 5.84 Å². The number of ether oxygens (including phenoxy) is 1. The van der Waals surface area contributed by atoms with Crippen LogP contribution < -0.4 is 10.5 Å².